The van der Waals surface area contributed by atoms with Crippen LogP contribution in [0.25, 0.3) is 0 Å². The van der Waals surface area contributed by atoms with Gasteiger partial charge in [0.2, 0.25) is 0 Å². The van der Waals surface area contributed by atoms with Gasteiger partial charge in [-0.15, -0.1) is 0 Å². The molecule has 0 saturated heterocycles. The first-order valence-electron chi connectivity index (χ1n) is 8.36. The van der Waals surface area contributed by atoms with Gasteiger partial charge in [0, 0.05) is 18.6 Å². The highest BCUT2D eigenvalue weighted by Crippen LogP contribution is 2.25. The average Bonchev–Trinajstić information content (AvgIpc) is 2.98. The molecule has 1 fully saturated rings. The lowest BCUT2D eigenvalue weighted by Crippen LogP contribution is -2.38. The zero-order valence-corrected chi connectivity index (χ0v) is 13.7. The van der Waals surface area contributed by atoms with Crippen molar-refractivity contribution in [2.45, 2.75) is 64.6 Å². The van der Waals surface area contributed by atoms with Crippen molar-refractivity contribution in [1.82, 2.24) is 4.90 Å². The average molecular weight is 290 g/mol. The van der Waals surface area contributed by atoms with Crippen molar-refractivity contribution >= 4 is 0 Å². The summed E-state index contributed by atoms with van der Waals surface area (Å²) >= 11 is 0. The third-order valence-corrected chi connectivity index (χ3v) is 4.36. The summed E-state index contributed by atoms with van der Waals surface area (Å²) < 4.78 is 5.68. The lowest BCUT2D eigenvalue weighted by molar-refractivity contribution is 0.196. The van der Waals surface area contributed by atoms with E-state index in [1.54, 1.807) is 0 Å². The fraction of sp³-hybridized carbons (Fsp3) is 0.667. The molecule has 0 aliphatic heterocycles. The van der Waals surface area contributed by atoms with Crippen molar-refractivity contribution in [2.75, 3.05) is 13.1 Å². The third-order valence-electron chi connectivity index (χ3n) is 4.36. The van der Waals surface area contributed by atoms with Crippen LogP contribution < -0.4 is 10.5 Å². The van der Waals surface area contributed by atoms with Crippen LogP contribution in [0.15, 0.2) is 24.3 Å². The van der Waals surface area contributed by atoms with E-state index in [9.17, 15) is 0 Å². The Morgan fingerprint density at radius 3 is 2.33 bits per heavy atom. The quantitative estimate of drug-likeness (QED) is 0.831. The molecule has 1 aliphatic carbocycles. The maximum atomic E-state index is 6.41. The lowest BCUT2D eigenvalue weighted by atomic mass is 10.1. The Hall–Kier alpha value is -1.06. The monoisotopic (exact) mass is 290 g/mol. The highest BCUT2D eigenvalue weighted by molar-refractivity contribution is 5.29. The molecular formula is C18H30N2O. The topological polar surface area (TPSA) is 38.5 Å². The highest BCUT2D eigenvalue weighted by atomic mass is 16.5. The van der Waals surface area contributed by atoms with Gasteiger partial charge in [-0.25, -0.2) is 0 Å². The van der Waals surface area contributed by atoms with E-state index in [0.717, 1.165) is 24.9 Å². The second-order valence-corrected chi connectivity index (χ2v) is 6.37. The Labute approximate surface area is 129 Å². The molecule has 1 saturated carbocycles. The van der Waals surface area contributed by atoms with Crippen molar-refractivity contribution in [3.63, 3.8) is 0 Å². The number of nitrogens with zero attached hydrogens (tertiary/aromatic N) is 1. The zero-order chi connectivity index (χ0) is 15.2. The van der Waals surface area contributed by atoms with Crippen LogP contribution in [-0.2, 0) is 0 Å². The van der Waals surface area contributed by atoms with Crippen LogP contribution in [0.3, 0.4) is 0 Å². The van der Waals surface area contributed by atoms with Gasteiger partial charge in [0.05, 0.1) is 6.10 Å². The molecule has 1 aromatic rings. The molecule has 2 rings (SSSR count). The first-order valence-corrected chi connectivity index (χ1v) is 8.36. The Balaban J connectivity index is 1.93. The van der Waals surface area contributed by atoms with E-state index in [4.69, 9.17) is 10.5 Å². The summed E-state index contributed by atoms with van der Waals surface area (Å²) in [5, 5.41) is 0. The summed E-state index contributed by atoms with van der Waals surface area (Å²) in [4.78, 5) is 2.55. The molecule has 1 aromatic carbocycles. The van der Waals surface area contributed by atoms with E-state index < -0.39 is 0 Å². The van der Waals surface area contributed by atoms with E-state index in [-0.39, 0.29) is 12.1 Å². The molecule has 0 amide bonds. The van der Waals surface area contributed by atoms with Crippen LogP contribution in [0.2, 0.25) is 0 Å². The Morgan fingerprint density at radius 2 is 1.81 bits per heavy atom. The van der Waals surface area contributed by atoms with Crippen LogP contribution in [0.4, 0.5) is 0 Å². The fourth-order valence-electron chi connectivity index (χ4n) is 3.23. The van der Waals surface area contributed by atoms with E-state index in [2.05, 4.69) is 24.0 Å². The Bertz CT molecular complexity index is 410. The van der Waals surface area contributed by atoms with Crippen molar-refractivity contribution < 1.29 is 4.74 Å². The van der Waals surface area contributed by atoms with Crippen LogP contribution in [0.5, 0.6) is 5.75 Å². The molecule has 0 radical (unpaired) electrons. The highest BCUT2D eigenvalue weighted by Gasteiger charge is 2.23. The van der Waals surface area contributed by atoms with Gasteiger partial charge in [-0.1, -0.05) is 31.9 Å². The number of hydrogen-bond acceptors (Lipinski definition) is 3. The van der Waals surface area contributed by atoms with Crippen molar-refractivity contribution in [1.29, 1.82) is 0 Å². The minimum absolute atomic E-state index is 0.0821. The molecule has 0 aromatic heterocycles. The van der Waals surface area contributed by atoms with Crippen molar-refractivity contribution in [2.24, 2.45) is 5.73 Å². The third kappa shape index (κ3) is 4.72. The molecule has 118 valence electrons. The smallest absolute Gasteiger partial charge is 0.119 e. The first-order chi connectivity index (χ1) is 10.1. The van der Waals surface area contributed by atoms with Gasteiger partial charge in [-0.2, -0.15) is 0 Å². The lowest BCUT2D eigenvalue weighted by Gasteiger charge is -2.30. The summed E-state index contributed by atoms with van der Waals surface area (Å²) in [5.41, 5.74) is 7.60. The maximum absolute atomic E-state index is 6.41. The number of benzene rings is 1. The molecule has 0 bridgehead atoms. The minimum Gasteiger partial charge on any atom is -0.491 e. The number of ether oxygens (including phenoxy) is 1. The van der Waals surface area contributed by atoms with E-state index >= 15 is 0 Å². The summed E-state index contributed by atoms with van der Waals surface area (Å²) in [6.45, 7) is 8.36. The Kier molecular flexibility index (Phi) is 6.07. The predicted molar refractivity (Wildman–Crippen MR) is 88.6 cm³/mol. The maximum Gasteiger partial charge on any atom is 0.119 e. The Morgan fingerprint density at radius 1 is 1.19 bits per heavy atom. The molecule has 0 spiro atoms. The number of likely N-dealkylation sites (N-methyl/N-ethyl adjacent to an activating group) is 1. The summed E-state index contributed by atoms with van der Waals surface area (Å²) in [7, 11) is 0. The SMILES string of the molecule is CCN(CC(N)c1ccc(OC(C)C)cc1)C1CCCC1. The summed E-state index contributed by atoms with van der Waals surface area (Å²) in [5.74, 6) is 0.920. The van der Waals surface area contributed by atoms with Gasteiger partial charge in [0.1, 0.15) is 5.75 Å². The minimum atomic E-state index is 0.0821. The second-order valence-electron chi connectivity index (χ2n) is 6.37. The predicted octanol–water partition coefficient (Wildman–Crippen LogP) is 3.74. The van der Waals surface area contributed by atoms with Gasteiger partial charge >= 0.3 is 0 Å². The van der Waals surface area contributed by atoms with Gasteiger partial charge in [-0.3, -0.25) is 4.90 Å². The first kappa shape index (κ1) is 16.3. The molecule has 1 unspecified atom stereocenters. The molecule has 1 atom stereocenters. The van der Waals surface area contributed by atoms with E-state index in [1.807, 2.05) is 26.0 Å². The molecule has 21 heavy (non-hydrogen) atoms. The zero-order valence-electron chi connectivity index (χ0n) is 13.7. The van der Waals surface area contributed by atoms with Crippen LogP contribution in [-0.4, -0.2) is 30.1 Å². The van der Waals surface area contributed by atoms with Crippen LogP contribution in [0.1, 0.15) is 58.1 Å². The number of rotatable bonds is 7. The largest absolute Gasteiger partial charge is 0.491 e. The van der Waals surface area contributed by atoms with Crippen LogP contribution in [0, 0.1) is 0 Å². The van der Waals surface area contributed by atoms with Crippen molar-refractivity contribution in [3.05, 3.63) is 29.8 Å². The fourth-order valence-corrected chi connectivity index (χ4v) is 3.23. The molecule has 2 N–H and O–H groups in total. The van der Waals surface area contributed by atoms with Gasteiger partial charge in [-0.05, 0) is 50.9 Å². The summed E-state index contributed by atoms with van der Waals surface area (Å²) in [6, 6.07) is 9.08. The molecule has 1 aliphatic rings. The normalized spacial score (nSPS) is 17.6. The van der Waals surface area contributed by atoms with Gasteiger partial charge in [0.25, 0.3) is 0 Å². The molecular weight excluding hydrogens is 260 g/mol. The molecule has 3 nitrogen and oxygen atoms in total. The van der Waals surface area contributed by atoms with E-state index in [1.165, 1.54) is 31.2 Å². The van der Waals surface area contributed by atoms with Gasteiger partial charge in [0.15, 0.2) is 0 Å². The molecule has 0 heterocycles. The number of nitrogens with two attached hydrogens (primary N) is 1. The number of hydrogen-bond donors (Lipinski definition) is 1. The summed E-state index contributed by atoms with van der Waals surface area (Å²) in [6.07, 6.45) is 5.63. The van der Waals surface area contributed by atoms with E-state index in [0.29, 0.717) is 0 Å². The van der Waals surface area contributed by atoms with Crippen molar-refractivity contribution in [3.8, 4) is 5.75 Å². The molecule has 3 heteroatoms. The van der Waals surface area contributed by atoms with Crippen LogP contribution >= 0.6 is 0 Å². The second kappa shape index (κ2) is 7.81. The standard InChI is InChI=1S/C18H30N2O/c1-4-20(16-7-5-6-8-16)13-18(19)15-9-11-17(12-10-15)21-14(2)3/h9-12,14,16,18H,4-8,13,19H2,1-3H3. The van der Waals surface area contributed by atoms with Gasteiger partial charge < -0.3 is 10.5 Å².